The number of ether oxygens (including phenoxy) is 2. The molecule has 0 bridgehead atoms. The summed E-state index contributed by atoms with van der Waals surface area (Å²) >= 11 is 1.28. The maximum Gasteiger partial charge on any atom is 0.220 e. The molecule has 0 saturated heterocycles. The Morgan fingerprint density at radius 3 is 2.71 bits per heavy atom. The predicted molar refractivity (Wildman–Crippen MR) is 119 cm³/mol. The Balaban J connectivity index is 1.97. The highest BCUT2D eigenvalue weighted by Crippen LogP contribution is 2.39. The summed E-state index contributed by atoms with van der Waals surface area (Å²) in [6, 6.07) is 13.1. The lowest BCUT2D eigenvalue weighted by Gasteiger charge is -2.16. The summed E-state index contributed by atoms with van der Waals surface area (Å²) in [4.78, 5) is 11.1. The van der Waals surface area contributed by atoms with Gasteiger partial charge >= 0.3 is 0 Å². The molecule has 0 spiro atoms. The number of hydrogen-bond donors (Lipinski definition) is 0. The van der Waals surface area contributed by atoms with Crippen LogP contribution in [0.2, 0.25) is 0 Å². The molecule has 0 radical (unpaired) electrons. The summed E-state index contributed by atoms with van der Waals surface area (Å²) in [5.41, 5.74) is 2.71. The monoisotopic (exact) mass is 438 g/mol. The van der Waals surface area contributed by atoms with Crippen LogP contribution in [0.1, 0.15) is 22.2 Å². The molecular formula is C22H22N4O4S. The first-order valence-electron chi connectivity index (χ1n) is 9.44. The minimum absolute atomic E-state index is 0.0989. The van der Waals surface area contributed by atoms with Gasteiger partial charge in [-0.1, -0.05) is 35.9 Å². The number of terminal acetylenes is 1. The van der Waals surface area contributed by atoms with Gasteiger partial charge in [0.1, 0.15) is 17.7 Å². The average molecular weight is 439 g/mol. The van der Waals surface area contributed by atoms with Crippen molar-refractivity contribution >= 4 is 11.8 Å². The Labute approximate surface area is 184 Å². The highest BCUT2D eigenvalue weighted by atomic mass is 32.2. The van der Waals surface area contributed by atoms with Gasteiger partial charge in [0.25, 0.3) is 0 Å². The standard InChI is InChI=1S/C22H22N4O4S/c1-5-11-30-19-10-9-17(13-20(19)29-4)21(14-25(27)28)31-22-24-23-16(3)26(22)18-8-6-7-15(2)12-18/h1,6-10,12-13,21H,11,14H2,2-4H3/t21-/m1/s1. The maximum atomic E-state index is 11.4. The summed E-state index contributed by atoms with van der Waals surface area (Å²) in [7, 11) is 1.51. The molecule has 1 atom stereocenters. The fraction of sp³-hybridized carbons (Fsp3) is 0.273. The quantitative estimate of drug-likeness (QED) is 0.216. The second-order valence-corrected chi connectivity index (χ2v) is 7.90. The van der Waals surface area contributed by atoms with Crippen LogP contribution < -0.4 is 9.47 Å². The number of aryl methyl sites for hydroxylation is 2. The molecule has 0 saturated carbocycles. The number of rotatable bonds is 9. The van der Waals surface area contributed by atoms with Gasteiger partial charge < -0.3 is 9.47 Å². The van der Waals surface area contributed by atoms with Crippen molar-refractivity contribution in [3.05, 3.63) is 69.5 Å². The molecule has 0 aliphatic rings. The van der Waals surface area contributed by atoms with Crippen molar-refractivity contribution in [1.29, 1.82) is 0 Å². The van der Waals surface area contributed by atoms with Crippen molar-refractivity contribution < 1.29 is 14.4 Å². The molecule has 3 aromatic rings. The van der Waals surface area contributed by atoms with E-state index in [0.717, 1.165) is 11.3 Å². The first kappa shape index (κ1) is 22.2. The predicted octanol–water partition coefficient (Wildman–Crippen LogP) is 4.01. The van der Waals surface area contributed by atoms with Crippen molar-refractivity contribution in [2.75, 3.05) is 20.3 Å². The summed E-state index contributed by atoms with van der Waals surface area (Å²) in [6.07, 6.45) is 5.25. The van der Waals surface area contributed by atoms with Crippen LogP contribution in [0.15, 0.2) is 47.6 Å². The van der Waals surface area contributed by atoms with Crippen LogP contribution in [0.25, 0.3) is 5.69 Å². The van der Waals surface area contributed by atoms with Crippen LogP contribution in [-0.2, 0) is 0 Å². The molecule has 0 N–H and O–H groups in total. The largest absolute Gasteiger partial charge is 0.493 e. The van der Waals surface area contributed by atoms with E-state index >= 15 is 0 Å². The molecule has 3 rings (SSSR count). The van der Waals surface area contributed by atoms with E-state index in [1.807, 2.05) is 42.7 Å². The van der Waals surface area contributed by atoms with Crippen molar-refractivity contribution in [3.63, 3.8) is 0 Å². The summed E-state index contributed by atoms with van der Waals surface area (Å²) in [5.74, 6) is 4.04. The zero-order chi connectivity index (χ0) is 22.4. The second kappa shape index (κ2) is 10.00. The van der Waals surface area contributed by atoms with Crippen molar-refractivity contribution in [2.45, 2.75) is 24.3 Å². The summed E-state index contributed by atoms with van der Waals surface area (Å²) in [6.45, 7) is 3.66. The van der Waals surface area contributed by atoms with Crippen molar-refractivity contribution in [1.82, 2.24) is 14.8 Å². The Bertz CT molecular complexity index is 1120. The third kappa shape index (κ3) is 5.35. The van der Waals surface area contributed by atoms with Crippen LogP contribution in [0.3, 0.4) is 0 Å². The van der Waals surface area contributed by atoms with Crippen LogP contribution in [0.5, 0.6) is 11.5 Å². The van der Waals surface area contributed by atoms with E-state index < -0.39 is 5.25 Å². The summed E-state index contributed by atoms with van der Waals surface area (Å²) in [5, 5.41) is 19.9. The Kier molecular flexibility index (Phi) is 7.15. The molecule has 9 heteroatoms. The SMILES string of the molecule is C#CCOc1ccc([C@@H](C[N+](=O)[O-])Sc2nnc(C)n2-c2cccc(C)c2)cc1OC. The van der Waals surface area contributed by atoms with E-state index in [4.69, 9.17) is 15.9 Å². The fourth-order valence-corrected chi connectivity index (χ4v) is 4.24. The summed E-state index contributed by atoms with van der Waals surface area (Å²) < 4.78 is 12.8. The van der Waals surface area contributed by atoms with E-state index in [1.54, 1.807) is 18.2 Å². The van der Waals surface area contributed by atoms with Gasteiger partial charge in [-0.2, -0.15) is 0 Å². The normalized spacial score (nSPS) is 11.5. The Morgan fingerprint density at radius 1 is 1.23 bits per heavy atom. The molecule has 0 aliphatic carbocycles. The van der Waals surface area contributed by atoms with E-state index in [1.165, 1.54) is 18.9 Å². The third-order valence-corrected chi connectivity index (χ3v) is 5.67. The first-order chi connectivity index (χ1) is 14.9. The van der Waals surface area contributed by atoms with E-state index in [9.17, 15) is 10.1 Å². The van der Waals surface area contributed by atoms with Gasteiger partial charge in [0.05, 0.1) is 7.11 Å². The van der Waals surface area contributed by atoms with Gasteiger partial charge in [-0.15, -0.1) is 16.6 Å². The molecule has 31 heavy (non-hydrogen) atoms. The van der Waals surface area contributed by atoms with E-state index in [-0.39, 0.29) is 18.1 Å². The Morgan fingerprint density at radius 2 is 2.03 bits per heavy atom. The van der Waals surface area contributed by atoms with Gasteiger partial charge in [-0.3, -0.25) is 14.7 Å². The average Bonchev–Trinajstić information content (AvgIpc) is 3.11. The number of hydrogen-bond acceptors (Lipinski definition) is 7. The molecule has 0 aliphatic heterocycles. The molecule has 0 unspecified atom stereocenters. The number of aromatic nitrogens is 3. The van der Waals surface area contributed by atoms with Crippen LogP contribution >= 0.6 is 11.8 Å². The van der Waals surface area contributed by atoms with Gasteiger partial charge in [-0.05, 0) is 49.2 Å². The number of thioether (sulfide) groups is 1. The van der Waals surface area contributed by atoms with Crippen molar-refractivity contribution in [2.24, 2.45) is 0 Å². The lowest BCUT2D eigenvalue weighted by Crippen LogP contribution is -2.11. The molecule has 1 aromatic heterocycles. The molecule has 0 amide bonds. The number of benzene rings is 2. The molecule has 160 valence electrons. The van der Waals surface area contributed by atoms with Gasteiger partial charge in [0.2, 0.25) is 6.54 Å². The molecular weight excluding hydrogens is 416 g/mol. The van der Waals surface area contributed by atoms with Crippen molar-refractivity contribution in [3.8, 4) is 29.5 Å². The smallest absolute Gasteiger partial charge is 0.220 e. The molecule has 1 heterocycles. The topological polar surface area (TPSA) is 92.3 Å². The zero-order valence-corrected chi connectivity index (χ0v) is 18.3. The van der Waals surface area contributed by atoms with E-state index in [2.05, 4.69) is 16.1 Å². The fourth-order valence-electron chi connectivity index (χ4n) is 3.08. The minimum atomic E-state index is -0.516. The highest BCUT2D eigenvalue weighted by molar-refractivity contribution is 7.99. The van der Waals surface area contributed by atoms with Gasteiger partial charge in [0, 0.05) is 10.6 Å². The molecule has 2 aromatic carbocycles. The van der Waals surface area contributed by atoms with Crippen LogP contribution in [0, 0.1) is 36.3 Å². The maximum absolute atomic E-state index is 11.4. The molecule has 0 fully saturated rings. The number of methoxy groups -OCH3 is 1. The third-order valence-electron chi connectivity index (χ3n) is 4.49. The van der Waals surface area contributed by atoms with Gasteiger partial charge in [0.15, 0.2) is 16.7 Å². The zero-order valence-electron chi connectivity index (χ0n) is 17.4. The van der Waals surface area contributed by atoms with Gasteiger partial charge in [-0.25, -0.2) is 0 Å². The highest BCUT2D eigenvalue weighted by Gasteiger charge is 2.25. The van der Waals surface area contributed by atoms with Crippen LogP contribution in [0.4, 0.5) is 0 Å². The lowest BCUT2D eigenvalue weighted by atomic mass is 10.1. The molecule has 8 nitrogen and oxygen atoms in total. The van der Waals surface area contributed by atoms with E-state index in [0.29, 0.717) is 28.0 Å². The lowest BCUT2D eigenvalue weighted by molar-refractivity contribution is -0.479. The Hall–Kier alpha value is -3.51. The van der Waals surface area contributed by atoms with Crippen LogP contribution in [-0.4, -0.2) is 39.9 Å². The minimum Gasteiger partial charge on any atom is -0.493 e. The first-order valence-corrected chi connectivity index (χ1v) is 10.3. The number of nitro groups is 1. The second-order valence-electron chi connectivity index (χ2n) is 6.73. The number of nitrogens with zero attached hydrogens (tertiary/aromatic N) is 4.